The number of carboxylic acids is 3. The average molecular weight is 416 g/mol. The minimum absolute atomic E-state index is 0.0313. The first-order valence-electron chi connectivity index (χ1n) is 9.98. The van der Waals surface area contributed by atoms with Gasteiger partial charge in [0.15, 0.2) is 11.9 Å². The molecule has 0 spiro atoms. The second-order valence-electron chi connectivity index (χ2n) is 6.68. The Labute approximate surface area is 170 Å². The monoisotopic (exact) mass is 416 g/mol. The highest BCUT2D eigenvalue weighted by Crippen LogP contribution is 2.22. The van der Waals surface area contributed by atoms with E-state index in [1.165, 1.54) is 6.20 Å². The van der Waals surface area contributed by atoms with Crippen LogP contribution in [0.1, 0.15) is 39.6 Å². The molecular weight excluding hydrogens is 385 g/mol. The highest BCUT2D eigenvalue weighted by molar-refractivity contribution is 5.74. The van der Waals surface area contributed by atoms with Crippen LogP contribution in [-0.2, 0) is 33.7 Å². The molecule has 0 aliphatic carbocycles. The summed E-state index contributed by atoms with van der Waals surface area (Å²) in [5, 5.41) is 37.3. The smallest absolute Gasteiger partial charge is 0.320 e. The Morgan fingerprint density at radius 2 is 1.48 bits per heavy atom. The summed E-state index contributed by atoms with van der Waals surface area (Å²) in [4.78, 5) is 32.9. The fourth-order valence-corrected chi connectivity index (χ4v) is 2.59. The Morgan fingerprint density at radius 1 is 0.931 bits per heavy atom. The second-order valence-corrected chi connectivity index (χ2v) is 6.68. The molecule has 0 unspecified atom stereocenters. The van der Waals surface area contributed by atoms with Crippen LogP contribution in [0.15, 0.2) is 12.4 Å². The largest absolute Gasteiger partial charge is 0.503 e. The molecule has 1 rings (SSSR count). The zero-order chi connectivity index (χ0) is 23.9. The van der Waals surface area contributed by atoms with Gasteiger partial charge in [-0.2, -0.15) is 0 Å². The van der Waals surface area contributed by atoms with Crippen LogP contribution in [0.5, 0.6) is 5.75 Å². The van der Waals surface area contributed by atoms with Crippen LogP contribution in [0.4, 0.5) is 0 Å². The summed E-state index contributed by atoms with van der Waals surface area (Å²) < 4.78 is 17.6. The van der Waals surface area contributed by atoms with E-state index < -0.39 is 48.3 Å². The highest BCUT2D eigenvalue weighted by Gasteiger charge is 2.23. The van der Waals surface area contributed by atoms with E-state index in [-0.39, 0.29) is 44.1 Å². The van der Waals surface area contributed by atoms with Crippen molar-refractivity contribution >= 4 is 17.9 Å². The average Bonchev–Trinajstić information content (AvgIpc) is 2.66. The molecule has 1 heterocycles. The minimum atomic E-state index is -2.03. The number of nitrogens with two attached hydrogens (primary N) is 3. The zero-order valence-electron chi connectivity index (χ0n) is 17.8. The van der Waals surface area contributed by atoms with Gasteiger partial charge in [-0.1, -0.05) is 0 Å². The number of aromatic nitrogens is 1. The number of pyridine rings is 1. The van der Waals surface area contributed by atoms with E-state index in [9.17, 15) is 19.5 Å². The first-order valence-corrected chi connectivity index (χ1v) is 8.98. The van der Waals surface area contributed by atoms with Crippen LogP contribution < -0.4 is 21.8 Å². The Kier molecular flexibility index (Phi) is 8.16. The number of nitrogens with zero attached hydrogens (tertiary/aromatic N) is 1. The quantitative estimate of drug-likeness (QED) is 0.147. The lowest BCUT2D eigenvalue weighted by atomic mass is 9.97. The molecule has 0 saturated heterocycles. The SMILES string of the molecule is [2H][13C]([2H])(CCC[C@H](N)C(=O)O)[n+]1cc(O)c(C[C@H](N)C(=O)O)c(CC[C@H](N)C(=O)O)c1. The van der Waals surface area contributed by atoms with Crippen LogP contribution in [0.25, 0.3) is 0 Å². The Balaban J connectivity index is 3.19. The van der Waals surface area contributed by atoms with Crippen molar-refractivity contribution in [1.29, 1.82) is 0 Å². The van der Waals surface area contributed by atoms with E-state index in [4.69, 9.17) is 35.3 Å². The van der Waals surface area contributed by atoms with Crippen LogP contribution >= 0.6 is 0 Å². The molecule has 0 aliphatic heterocycles. The molecule has 10 N–H and O–H groups in total. The number of rotatable bonds is 13. The standard InChI is InChI=1S/C18H28N4O7/c19-12(16(24)25)3-1-2-6-22-8-10(4-5-13(20)17(26)27)11(15(23)9-22)7-14(21)18(28)29/h8-9,12-14H,1-7,19-21H2,(H3-,23,24,25,26,27,28,29)/p+1/t12-,13-,14-/m0/s1/i6+1D2. The molecule has 0 amide bonds. The molecular formula is C18H29N4O7+. The summed E-state index contributed by atoms with van der Waals surface area (Å²) in [5.41, 5.74) is 17.0. The normalized spacial score (nSPS) is 15.7. The van der Waals surface area contributed by atoms with Gasteiger partial charge in [-0.25, -0.2) is 4.57 Å². The minimum Gasteiger partial charge on any atom is -0.503 e. The van der Waals surface area contributed by atoms with Gasteiger partial charge in [-0.3, -0.25) is 14.4 Å². The van der Waals surface area contributed by atoms with Crippen molar-refractivity contribution < 1.29 is 42.1 Å². The summed E-state index contributed by atoms with van der Waals surface area (Å²) in [7, 11) is 0. The van der Waals surface area contributed by atoms with Crippen LogP contribution in [0, 0.1) is 0 Å². The van der Waals surface area contributed by atoms with Crippen molar-refractivity contribution in [3.8, 4) is 5.75 Å². The molecule has 0 fully saturated rings. The summed E-state index contributed by atoms with van der Waals surface area (Å²) in [6.07, 6.45) is 2.26. The van der Waals surface area contributed by atoms with Crippen molar-refractivity contribution in [3.05, 3.63) is 23.5 Å². The van der Waals surface area contributed by atoms with Crippen molar-refractivity contribution in [2.24, 2.45) is 17.2 Å². The number of aliphatic carboxylic acids is 3. The lowest BCUT2D eigenvalue weighted by Crippen LogP contribution is -2.37. The van der Waals surface area contributed by atoms with Crippen molar-refractivity contribution in [1.82, 2.24) is 0 Å². The second kappa shape index (κ2) is 11.3. The number of carbonyl (C=O) groups is 3. The van der Waals surface area contributed by atoms with E-state index in [2.05, 4.69) is 0 Å². The van der Waals surface area contributed by atoms with Gasteiger partial charge in [0.1, 0.15) is 27.4 Å². The Hall–Kier alpha value is -2.76. The maximum Gasteiger partial charge on any atom is 0.320 e. The third kappa shape index (κ3) is 8.02. The number of aryl methyl sites for hydroxylation is 2. The summed E-state index contributed by atoms with van der Waals surface area (Å²) in [6, 6.07) is -3.66. The number of carboxylic acid groups (broad SMARTS) is 3. The highest BCUT2D eigenvalue weighted by atomic mass is 16.4. The van der Waals surface area contributed by atoms with Gasteiger partial charge >= 0.3 is 17.9 Å². The van der Waals surface area contributed by atoms with Crippen LogP contribution in [-0.4, -0.2) is 56.5 Å². The van der Waals surface area contributed by atoms with Crippen LogP contribution in [0.2, 0.25) is 0 Å². The maximum atomic E-state index is 11.1. The molecule has 11 heteroatoms. The molecule has 0 saturated carbocycles. The molecule has 1 aromatic heterocycles. The Morgan fingerprint density at radius 3 is 2.03 bits per heavy atom. The molecule has 0 bridgehead atoms. The first kappa shape index (κ1) is 21.0. The number of hydrogen-bond donors (Lipinski definition) is 7. The molecule has 0 radical (unpaired) electrons. The first-order chi connectivity index (χ1) is 14.3. The lowest BCUT2D eigenvalue weighted by Gasteiger charge is -2.14. The lowest BCUT2D eigenvalue weighted by molar-refractivity contribution is -0.698. The van der Waals surface area contributed by atoms with Crippen molar-refractivity contribution in [2.45, 2.75) is 63.1 Å². The van der Waals surface area contributed by atoms with Gasteiger partial charge in [0.25, 0.3) is 0 Å². The molecule has 0 aliphatic rings. The fraction of sp³-hybridized carbons (Fsp3) is 0.556. The van der Waals surface area contributed by atoms with Gasteiger partial charge in [-0.05, 0) is 25.7 Å². The van der Waals surface area contributed by atoms with Gasteiger partial charge in [0, 0.05) is 24.0 Å². The van der Waals surface area contributed by atoms with Gasteiger partial charge in [-0.15, -0.1) is 0 Å². The van der Waals surface area contributed by atoms with Crippen LogP contribution in [0.3, 0.4) is 0 Å². The molecule has 11 nitrogen and oxygen atoms in total. The predicted octanol–water partition coefficient (Wildman–Crippen LogP) is -1.44. The van der Waals surface area contributed by atoms with E-state index >= 15 is 0 Å². The zero-order valence-corrected chi connectivity index (χ0v) is 15.8. The molecule has 162 valence electrons. The molecule has 0 aromatic carbocycles. The summed E-state index contributed by atoms with van der Waals surface area (Å²) in [5.74, 6) is -4.12. The van der Waals surface area contributed by atoms with E-state index in [1.807, 2.05) is 0 Å². The van der Waals surface area contributed by atoms with Gasteiger partial charge in [0.05, 0.1) is 0 Å². The fourth-order valence-electron chi connectivity index (χ4n) is 2.59. The topological polar surface area (TPSA) is 214 Å². The van der Waals surface area contributed by atoms with E-state index in [0.29, 0.717) is 5.56 Å². The third-order valence-electron chi connectivity index (χ3n) is 4.34. The van der Waals surface area contributed by atoms with Gasteiger partial charge < -0.3 is 37.6 Å². The Bertz CT molecular complexity index is 822. The number of hydrogen-bond acceptors (Lipinski definition) is 7. The third-order valence-corrected chi connectivity index (χ3v) is 4.34. The van der Waals surface area contributed by atoms with Crippen molar-refractivity contribution in [2.75, 3.05) is 0 Å². The molecule has 1 aromatic rings. The van der Waals surface area contributed by atoms with E-state index in [1.54, 1.807) is 0 Å². The predicted molar refractivity (Wildman–Crippen MR) is 101 cm³/mol. The summed E-state index contributed by atoms with van der Waals surface area (Å²) >= 11 is 0. The van der Waals surface area contributed by atoms with E-state index in [0.717, 1.165) is 10.8 Å². The molecule has 3 atom stereocenters. The number of aromatic hydroxyl groups is 1. The van der Waals surface area contributed by atoms with Gasteiger partial charge in [0.2, 0.25) is 6.20 Å². The van der Waals surface area contributed by atoms with Crippen molar-refractivity contribution in [3.63, 3.8) is 0 Å². The maximum absolute atomic E-state index is 11.1. The summed E-state index contributed by atoms with van der Waals surface area (Å²) in [6.45, 7) is -2.03. The molecule has 29 heavy (non-hydrogen) atoms.